The number of hydrogen-bond acceptors (Lipinski definition) is 5. The van der Waals surface area contributed by atoms with Gasteiger partial charge in [-0.05, 0) is 50.6 Å². The molecular weight excluding hydrogens is 358 g/mol. The topological polar surface area (TPSA) is 145 Å². The number of nitrogens with two attached hydrogens (primary N) is 3. The maximum atomic E-state index is 12.8. The van der Waals surface area contributed by atoms with Gasteiger partial charge in [-0.2, -0.15) is 0 Å². The van der Waals surface area contributed by atoms with Crippen molar-refractivity contribution in [3.8, 4) is 0 Å². The third kappa shape index (κ3) is 6.03. The molecule has 1 aliphatic rings. The molecule has 0 radical (unpaired) electrons. The fraction of sp³-hybridized carbons (Fsp3) is 0.550. The van der Waals surface area contributed by atoms with E-state index < -0.39 is 24.0 Å². The zero-order valence-corrected chi connectivity index (χ0v) is 16.2. The second-order valence-electron chi connectivity index (χ2n) is 7.23. The second-order valence-corrected chi connectivity index (χ2v) is 7.23. The van der Waals surface area contributed by atoms with E-state index >= 15 is 0 Å². The Balaban J connectivity index is 1.97. The van der Waals surface area contributed by atoms with Crippen LogP contribution in [-0.4, -0.2) is 53.8 Å². The van der Waals surface area contributed by atoms with Gasteiger partial charge in [0.2, 0.25) is 17.7 Å². The Hall–Kier alpha value is -2.45. The average Bonchev–Trinajstić information content (AvgIpc) is 3.17. The standard InChI is InChI=1S/C20H31N5O3/c21-11-5-4-9-16(18(23)26)24-19(27)17-10-6-12-25(17)20(28)15(22)13-14-7-2-1-3-8-14/h1-3,7-8,15-17H,4-6,9-13,21-22H2,(H2,23,26)(H,24,27). The SMILES string of the molecule is NCCCCC(NC(=O)C1CCCN1C(=O)C(N)Cc1ccccc1)C(N)=O. The van der Waals surface area contributed by atoms with Gasteiger partial charge in [-0.1, -0.05) is 30.3 Å². The number of primary amides is 1. The monoisotopic (exact) mass is 389 g/mol. The number of nitrogens with zero attached hydrogens (tertiary/aromatic N) is 1. The molecule has 0 bridgehead atoms. The molecule has 8 heteroatoms. The van der Waals surface area contributed by atoms with E-state index in [0.29, 0.717) is 38.8 Å². The summed E-state index contributed by atoms with van der Waals surface area (Å²) in [6.45, 7) is 0.997. The summed E-state index contributed by atoms with van der Waals surface area (Å²) >= 11 is 0. The number of carbonyl (C=O) groups excluding carboxylic acids is 3. The van der Waals surface area contributed by atoms with E-state index in [-0.39, 0.29) is 11.8 Å². The zero-order valence-electron chi connectivity index (χ0n) is 16.2. The van der Waals surface area contributed by atoms with Crippen molar-refractivity contribution in [1.82, 2.24) is 10.2 Å². The molecule has 0 saturated carbocycles. The number of nitrogens with one attached hydrogen (secondary N) is 1. The van der Waals surface area contributed by atoms with E-state index in [1.807, 2.05) is 30.3 Å². The first kappa shape index (κ1) is 21.8. The largest absolute Gasteiger partial charge is 0.368 e. The van der Waals surface area contributed by atoms with E-state index in [9.17, 15) is 14.4 Å². The van der Waals surface area contributed by atoms with Gasteiger partial charge >= 0.3 is 0 Å². The molecule has 1 fully saturated rings. The van der Waals surface area contributed by atoms with Crippen molar-refractivity contribution in [3.05, 3.63) is 35.9 Å². The smallest absolute Gasteiger partial charge is 0.243 e. The predicted molar refractivity (Wildman–Crippen MR) is 107 cm³/mol. The molecule has 154 valence electrons. The summed E-state index contributed by atoms with van der Waals surface area (Å²) in [6.07, 6.45) is 3.56. The molecule has 3 amide bonds. The van der Waals surface area contributed by atoms with E-state index in [1.54, 1.807) is 0 Å². The van der Waals surface area contributed by atoms with E-state index in [2.05, 4.69) is 5.32 Å². The van der Waals surface area contributed by atoms with Crippen LogP contribution in [-0.2, 0) is 20.8 Å². The molecular formula is C20H31N5O3. The van der Waals surface area contributed by atoms with Gasteiger partial charge in [-0.15, -0.1) is 0 Å². The molecule has 2 rings (SSSR count). The number of unbranched alkanes of at least 4 members (excludes halogenated alkanes) is 1. The molecule has 3 unspecified atom stereocenters. The first-order valence-corrected chi connectivity index (χ1v) is 9.83. The van der Waals surface area contributed by atoms with E-state index in [0.717, 1.165) is 18.4 Å². The highest BCUT2D eigenvalue weighted by atomic mass is 16.2. The lowest BCUT2D eigenvalue weighted by Gasteiger charge is -2.28. The fourth-order valence-electron chi connectivity index (χ4n) is 3.52. The van der Waals surface area contributed by atoms with Crippen LogP contribution in [0.3, 0.4) is 0 Å². The van der Waals surface area contributed by atoms with Crippen molar-refractivity contribution < 1.29 is 14.4 Å². The highest BCUT2D eigenvalue weighted by Gasteiger charge is 2.37. The molecule has 8 nitrogen and oxygen atoms in total. The quantitative estimate of drug-likeness (QED) is 0.404. The summed E-state index contributed by atoms with van der Waals surface area (Å²) < 4.78 is 0. The molecule has 0 spiro atoms. The number of amides is 3. The summed E-state index contributed by atoms with van der Waals surface area (Å²) in [4.78, 5) is 38.7. The zero-order chi connectivity index (χ0) is 20.5. The Labute approximate surface area is 165 Å². The van der Waals surface area contributed by atoms with Crippen LogP contribution < -0.4 is 22.5 Å². The Kier molecular flexibility index (Phi) is 8.41. The number of likely N-dealkylation sites (tertiary alicyclic amines) is 1. The number of benzene rings is 1. The molecule has 28 heavy (non-hydrogen) atoms. The lowest BCUT2D eigenvalue weighted by molar-refractivity contribution is -0.140. The molecule has 1 aliphatic heterocycles. The minimum Gasteiger partial charge on any atom is -0.368 e. The van der Waals surface area contributed by atoms with Crippen LogP contribution in [0.25, 0.3) is 0 Å². The van der Waals surface area contributed by atoms with Crippen molar-refractivity contribution in [2.24, 2.45) is 17.2 Å². The van der Waals surface area contributed by atoms with Crippen molar-refractivity contribution in [1.29, 1.82) is 0 Å². The Morgan fingerprint density at radius 2 is 1.89 bits per heavy atom. The van der Waals surface area contributed by atoms with Crippen molar-refractivity contribution >= 4 is 17.7 Å². The Bertz CT molecular complexity index is 667. The van der Waals surface area contributed by atoms with Gasteiger partial charge in [0.1, 0.15) is 12.1 Å². The number of carbonyl (C=O) groups is 3. The summed E-state index contributed by atoms with van der Waals surface area (Å²) in [6, 6.07) is 7.44. The predicted octanol–water partition coefficient (Wildman–Crippen LogP) is -0.353. The van der Waals surface area contributed by atoms with E-state index in [4.69, 9.17) is 17.2 Å². The van der Waals surface area contributed by atoms with Crippen LogP contribution in [0.2, 0.25) is 0 Å². The van der Waals surface area contributed by atoms with Crippen LogP contribution in [0.5, 0.6) is 0 Å². The van der Waals surface area contributed by atoms with Crippen LogP contribution in [0.4, 0.5) is 0 Å². The van der Waals surface area contributed by atoms with Crippen molar-refractivity contribution in [2.75, 3.05) is 13.1 Å². The van der Waals surface area contributed by atoms with Crippen LogP contribution >= 0.6 is 0 Å². The van der Waals surface area contributed by atoms with Gasteiger partial charge in [0.05, 0.1) is 6.04 Å². The maximum Gasteiger partial charge on any atom is 0.243 e. The van der Waals surface area contributed by atoms with Crippen molar-refractivity contribution in [3.63, 3.8) is 0 Å². The normalized spacial score (nSPS) is 18.5. The van der Waals surface area contributed by atoms with Crippen LogP contribution in [0.15, 0.2) is 30.3 Å². The fourth-order valence-corrected chi connectivity index (χ4v) is 3.52. The Morgan fingerprint density at radius 3 is 2.54 bits per heavy atom. The summed E-state index contributed by atoms with van der Waals surface area (Å²) in [5.41, 5.74) is 18.0. The number of hydrogen-bond donors (Lipinski definition) is 4. The molecule has 7 N–H and O–H groups in total. The van der Waals surface area contributed by atoms with Crippen LogP contribution in [0, 0.1) is 0 Å². The first-order valence-electron chi connectivity index (χ1n) is 9.83. The highest BCUT2D eigenvalue weighted by molar-refractivity contribution is 5.93. The summed E-state index contributed by atoms with van der Waals surface area (Å²) in [7, 11) is 0. The Morgan fingerprint density at radius 1 is 1.18 bits per heavy atom. The summed E-state index contributed by atoms with van der Waals surface area (Å²) in [5, 5.41) is 2.70. The average molecular weight is 390 g/mol. The third-order valence-corrected chi connectivity index (χ3v) is 5.06. The molecule has 1 saturated heterocycles. The molecule has 3 atom stereocenters. The van der Waals surface area contributed by atoms with Gasteiger partial charge in [0.15, 0.2) is 0 Å². The molecule has 1 heterocycles. The molecule has 0 aromatic heterocycles. The minimum absolute atomic E-state index is 0.250. The van der Waals surface area contributed by atoms with Gasteiger partial charge in [0, 0.05) is 6.54 Å². The highest BCUT2D eigenvalue weighted by Crippen LogP contribution is 2.19. The molecule has 1 aromatic carbocycles. The summed E-state index contributed by atoms with van der Waals surface area (Å²) in [5.74, 6) is -1.18. The lowest BCUT2D eigenvalue weighted by Crippen LogP contribution is -2.55. The minimum atomic E-state index is -0.755. The molecule has 0 aliphatic carbocycles. The van der Waals surface area contributed by atoms with Gasteiger partial charge < -0.3 is 27.4 Å². The van der Waals surface area contributed by atoms with Gasteiger partial charge in [0.25, 0.3) is 0 Å². The van der Waals surface area contributed by atoms with Crippen LogP contribution in [0.1, 0.15) is 37.7 Å². The molecule has 1 aromatic rings. The lowest BCUT2D eigenvalue weighted by atomic mass is 10.0. The number of rotatable bonds is 10. The first-order chi connectivity index (χ1) is 13.4. The van der Waals surface area contributed by atoms with Crippen molar-refractivity contribution in [2.45, 2.75) is 56.7 Å². The van der Waals surface area contributed by atoms with Gasteiger partial charge in [-0.25, -0.2) is 0 Å². The maximum absolute atomic E-state index is 12.8. The van der Waals surface area contributed by atoms with Gasteiger partial charge in [-0.3, -0.25) is 14.4 Å². The van der Waals surface area contributed by atoms with E-state index in [1.165, 1.54) is 4.90 Å². The second kappa shape index (κ2) is 10.8. The third-order valence-electron chi connectivity index (χ3n) is 5.06.